The van der Waals surface area contributed by atoms with E-state index in [-0.39, 0.29) is 11.6 Å². The third-order valence-electron chi connectivity index (χ3n) is 4.80. The fraction of sp³-hybridized carbons (Fsp3) is 0.667. The summed E-state index contributed by atoms with van der Waals surface area (Å²) in [5, 5.41) is 0. The molecule has 0 amide bonds. The second-order valence-electron chi connectivity index (χ2n) is 6.68. The molecule has 0 aliphatic carbocycles. The van der Waals surface area contributed by atoms with E-state index >= 15 is 0 Å². The average Bonchev–Trinajstić information content (AvgIpc) is 2.56. The van der Waals surface area contributed by atoms with E-state index in [0.717, 1.165) is 44.4 Å². The minimum absolute atomic E-state index is 0.121. The van der Waals surface area contributed by atoms with Gasteiger partial charge in [0.15, 0.2) is 0 Å². The summed E-state index contributed by atoms with van der Waals surface area (Å²) in [5.41, 5.74) is -1.06. The van der Waals surface area contributed by atoms with E-state index in [1.54, 1.807) is 0 Å². The third kappa shape index (κ3) is 4.64. The van der Waals surface area contributed by atoms with Gasteiger partial charge in [0, 0.05) is 18.8 Å². The van der Waals surface area contributed by atoms with Gasteiger partial charge in [0.2, 0.25) is 0 Å². The molecule has 1 aromatic rings. The van der Waals surface area contributed by atoms with Crippen molar-refractivity contribution in [3.63, 3.8) is 0 Å². The Morgan fingerprint density at radius 3 is 2.72 bits per heavy atom. The minimum Gasteiger partial charge on any atom is -0.465 e. The number of ether oxygens (including phenoxy) is 1. The zero-order valence-electron chi connectivity index (χ0n) is 14.9. The maximum absolute atomic E-state index is 13.0. The van der Waals surface area contributed by atoms with E-state index in [2.05, 4.69) is 11.9 Å². The number of hydrogen-bond donors (Lipinski definition) is 0. The maximum Gasteiger partial charge on any atom is 0.417 e. The summed E-state index contributed by atoms with van der Waals surface area (Å²) in [6, 6.07) is 0.992. The molecule has 0 saturated carbocycles. The van der Waals surface area contributed by atoms with Crippen molar-refractivity contribution >= 4 is 11.8 Å². The van der Waals surface area contributed by atoms with Crippen LogP contribution in [0, 0.1) is 5.92 Å². The van der Waals surface area contributed by atoms with Gasteiger partial charge in [-0.3, -0.25) is 0 Å². The summed E-state index contributed by atoms with van der Waals surface area (Å²) in [7, 11) is 1.17. The molecule has 1 fully saturated rings. The second-order valence-corrected chi connectivity index (χ2v) is 6.68. The molecule has 2 unspecified atom stereocenters. The molecule has 140 valence electrons. The zero-order valence-corrected chi connectivity index (χ0v) is 14.9. The highest BCUT2D eigenvalue weighted by atomic mass is 19.4. The molecule has 0 N–H and O–H groups in total. The Kier molecular flexibility index (Phi) is 6.30. The van der Waals surface area contributed by atoms with Crippen LogP contribution in [0.25, 0.3) is 0 Å². The first-order valence-corrected chi connectivity index (χ1v) is 8.70. The van der Waals surface area contributed by atoms with Gasteiger partial charge in [-0.15, -0.1) is 0 Å². The van der Waals surface area contributed by atoms with E-state index in [4.69, 9.17) is 4.74 Å². The van der Waals surface area contributed by atoms with Crippen LogP contribution in [0.4, 0.5) is 19.0 Å². The van der Waals surface area contributed by atoms with Gasteiger partial charge in [0.25, 0.3) is 0 Å². The van der Waals surface area contributed by atoms with Gasteiger partial charge >= 0.3 is 12.1 Å². The third-order valence-corrected chi connectivity index (χ3v) is 4.80. The van der Waals surface area contributed by atoms with Gasteiger partial charge in [0.05, 0.1) is 12.7 Å². The molecule has 1 aliphatic heterocycles. The lowest BCUT2D eigenvalue weighted by atomic mass is 9.91. The first-order valence-electron chi connectivity index (χ1n) is 8.70. The molecule has 1 aromatic heterocycles. The quantitative estimate of drug-likeness (QED) is 0.736. The normalized spacial score (nSPS) is 22.2. The SMILES string of the molecule is CCC1CC(C)CCCCN1c1ncc(C(F)(F)F)cc1C(=O)OC. The number of alkyl halides is 3. The standard InChI is InChI=1S/C18H25F3N2O2/c1-4-14-9-12(2)7-5-6-8-23(14)16-15(17(24)25-3)10-13(11-22-16)18(19,20)21/h10-12,14H,4-9H2,1-3H3. The van der Waals surface area contributed by atoms with Crippen LogP contribution in [0.2, 0.25) is 0 Å². The highest BCUT2D eigenvalue weighted by Crippen LogP contribution is 2.34. The lowest BCUT2D eigenvalue weighted by Gasteiger charge is -2.36. The van der Waals surface area contributed by atoms with Gasteiger partial charge in [-0.25, -0.2) is 9.78 Å². The Morgan fingerprint density at radius 2 is 2.12 bits per heavy atom. The number of pyridine rings is 1. The molecule has 25 heavy (non-hydrogen) atoms. The van der Waals surface area contributed by atoms with Crippen molar-refractivity contribution in [2.24, 2.45) is 5.92 Å². The largest absolute Gasteiger partial charge is 0.465 e. The molecular weight excluding hydrogens is 333 g/mol. The lowest BCUT2D eigenvalue weighted by Crippen LogP contribution is -2.40. The summed E-state index contributed by atoms with van der Waals surface area (Å²) in [5.74, 6) is 0.0307. The fourth-order valence-corrected chi connectivity index (χ4v) is 3.43. The van der Waals surface area contributed by atoms with Crippen molar-refractivity contribution in [3.8, 4) is 0 Å². The Morgan fingerprint density at radius 1 is 1.40 bits per heavy atom. The number of anilines is 1. The molecule has 1 aliphatic rings. The van der Waals surface area contributed by atoms with Crippen molar-refractivity contribution in [1.82, 2.24) is 4.98 Å². The van der Waals surface area contributed by atoms with Crippen molar-refractivity contribution < 1.29 is 22.7 Å². The highest BCUT2D eigenvalue weighted by molar-refractivity contribution is 5.95. The fourth-order valence-electron chi connectivity index (χ4n) is 3.43. The lowest BCUT2D eigenvalue weighted by molar-refractivity contribution is -0.137. The van der Waals surface area contributed by atoms with Crippen molar-refractivity contribution in [2.75, 3.05) is 18.6 Å². The van der Waals surface area contributed by atoms with Crippen molar-refractivity contribution in [3.05, 3.63) is 23.4 Å². The second kappa shape index (κ2) is 8.06. The van der Waals surface area contributed by atoms with Crippen LogP contribution in [-0.4, -0.2) is 30.6 Å². The summed E-state index contributed by atoms with van der Waals surface area (Å²) in [4.78, 5) is 18.1. The number of carbonyl (C=O) groups is 1. The number of halogens is 3. The molecule has 2 rings (SSSR count). The van der Waals surface area contributed by atoms with Crippen LogP contribution in [0.1, 0.15) is 61.9 Å². The van der Waals surface area contributed by atoms with E-state index < -0.39 is 17.7 Å². The molecule has 4 nitrogen and oxygen atoms in total. The Labute approximate surface area is 146 Å². The Bertz CT molecular complexity index is 604. The van der Waals surface area contributed by atoms with E-state index in [1.165, 1.54) is 7.11 Å². The average molecular weight is 358 g/mol. The summed E-state index contributed by atoms with van der Waals surface area (Å²) < 4.78 is 43.8. The van der Waals surface area contributed by atoms with Crippen molar-refractivity contribution in [2.45, 2.75) is 58.2 Å². The number of esters is 1. The number of carbonyl (C=O) groups excluding carboxylic acids is 1. The first kappa shape index (κ1) is 19.5. The monoisotopic (exact) mass is 358 g/mol. The van der Waals surface area contributed by atoms with Crippen LogP contribution in [-0.2, 0) is 10.9 Å². The molecule has 7 heteroatoms. The van der Waals surface area contributed by atoms with Crippen molar-refractivity contribution in [1.29, 1.82) is 0 Å². The summed E-state index contributed by atoms with van der Waals surface area (Å²) >= 11 is 0. The number of nitrogens with zero attached hydrogens (tertiary/aromatic N) is 2. The molecule has 2 atom stereocenters. The molecular formula is C18H25F3N2O2. The first-order chi connectivity index (χ1) is 11.8. The van der Waals surface area contributed by atoms with Gasteiger partial charge in [-0.05, 0) is 31.2 Å². The smallest absolute Gasteiger partial charge is 0.417 e. The number of methoxy groups -OCH3 is 1. The number of aromatic nitrogens is 1. The van der Waals surface area contributed by atoms with Crippen LogP contribution in [0.15, 0.2) is 12.3 Å². The Hall–Kier alpha value is -1.79. The molecule has 0 aromatic carbocycles. The minimum atomic E-state index is -4.55. The van der Waals surface area contributed by atoms with Crippen LogP contribution >= 0.6 is 0 Å². The maximum atomic E-state index is 13.0. The molecule has 1 saturated heterocycles. The Balaban J connectivity index is 2.48. The predicted molar refractivity (Wildman–Crippen MR) is 89.6 cm³/mol. The highest BCUT2D eigenvalue weighted by Gasteiger charge is 2.34. The van der Waals surface area contributed by atoms with E-state index in [0.29, 0.717) is 18.3 Å². The number of rotatable bonds is 3. The molecule has 2 heterocycles. The van der Waals surface area contributed by atoms with Gasteiger partial charge < -0.3 is 9.64 Å². The summed E-state index contributed by atoms with van der Waals surface area (Å²) in [6.07, 6.45) is 1.15. The zero-order chi connectivity index (χ0) is 18.6. The van der Waals surface area contributed by atoms with E-state index in [9.17, 15) is 18.0 Å². The van der Waals surface area contributed by atoms with Gasteiger partial charge in [-0.1, -0.05) is 26.7 Å². The number of hydrogen-bond acceptors (Lipinski definition) is 4. The van der Waals surface area contributed by atoms with Crippen LogP contribution in [0.5, 0.6) is 0 Å². The molecule has 0 bridgehead atoms. The van der Waals surface area contributed by atoms with Gasteiger partial charge in [-0.2, -0.15) is 13.2 Å². The van der Waals surface area contributed by atoms with E-state index in [1.807, 2.05) is 11.8 Å². The predicted octanol–water partition coefficient (Wildman–Crippen LogP) is 4.68. The molecule has 0 radical (unpaired) electrons. The van der Waals surface area contributed by atoms with Crippen LogP contribution < -0.4 is 4.90 Å². The van der Waals surface area contributed by atoms with Crippen LogP contribution in [0.3, 0.4) is 0 Å². The summed E-state index contributed by atoms with van der Waals surface area (Å²) in [6.45, 7) is 4.91. The molecule has 0 spiro atoms. The topological polar surface area (TPSA) is 42.4 Å². The van der Waals surface area contributed by atoms with Gasteiger partial charge in [0.1, 0.15) is 11.4 Å².